The molecule has 20 heavy (non-hydrogen) atoms. The lowest BCUT2D eigenvalue weighted by atomic mass is 10.2. The Morgan fingerprint density at radius 1 is 0.900 bits per heavy atom. The van der Waals surface area contributed by atoms with Gasteiger partial charge in [0.05, 0.1) is 16.6 Å². The molecule has 0 saturated heterocycles. The highest BCUT2D eigenvalue weighted by Gasteiger charge is 2.10. The molecule has 5 heteroatoms. The van der Waals surface area contributed by atoms with Gasteiger partial charge in [-0.1, -0.05) is 18.2 Å². The smallest absolute Gasteiger partial charge is 0.149 e. The summed E-state index contributed by atoms with van der Waals surface area (Å²) >= 11 is 3.53. The Kier molecular flexibility index (Phi) is 2.53. The number of halogens is 1. The molecule has 0 saturated carbocycles. The summed E-state index contributed by atoms with van der Waals surface area (Å²) in [5.74, 6) is 0.838. The fourth-order valence-electron chi connectivity index (χ4n) is 2.36. The van der Waals surface area contributed by atoms with E-state index in [1.807, 2.05) is 47.0 Å². The molecular formula is C15H9BrN4. The summed E-state index contributed by atoms with van der Waals surface area (Å²) in [6.45, 7) is 0. The van der Waals surface area contributed by atoms with Crippen LogP contribution < -0.4 is 0 Å². The minimum atomic E-state index is 0.838. The summed E-state index contributed by atoms with van der Waals surface area (Å²) in [6, 6.07) is 14.0. The van der Waals surface area contributed by atoms with Crippen LogP contribution in [0.25, 0.3) is 27.8 Å². The zero-order valence-electron chi connectivity index (χ0n) is 10.4. The first-order valence-corrected chi connectivity index (χ1v) is 6.95. The van der Waals surface area contributed by atoms with Gasteiger partial charge in [-0.25, -0.2) is 15.0 Å². The Balaban J connectivity index is 2.10. The highest BCUT2D eigenvalue weighted by atomic mass is 79.9. The van der Waals surface area contributed by atoms with Gasteiger partial charge in [0, 0.05) is 9.86 Å². The molecule has 0 atom stereocenters. The van der Waals surface area contributed by atoms with E-state index in [-0.39, 0.29) is 0 Å². The van der Waals surface area contributed by atoms with Gasteiger partial charge in [0.25, 0.3) is 0 Å². The first-order valence-electron chi connectivity index (χ1n) is 6.16. The highest BCUT2D eigenvalue weighted by molar-refractivity contribution is 9.10. The van der Waals surface area contributed by atoms with Crippen molar-refractivity contribution in [3.05, 3.63) is 59.6 Å². The lowest BCUT2D eigenvalue weighted by Crippen LogP contribution is -1.98. The maximum atomic E-state index is 4.43. The van der Waals surface area contributed by atoms with E-state index < -0.39 is 0 Å². The SMILES string of the molecule is Brc1cccc2c(-n3cnc4ccccc43)ncnc12. The molecule has 2 aromatic heterocycles. The van der Waals surface area contributed by atoms with Crippen molar-refractivity contribution >= 4 is 37.9 Å². The normalized spacial score (nSPS) is 11.2. The maximum absolute atomic E-state index is 4.43. The molecule has 0 aliphatic carbocycles. The monoisotopic (exact) mass is 324 g/mol. The van der Waals surface area contributed by atoms with Crippen LogP contribution in [0.3, 0.4) is 0 Å². The van der Waals surface area contributed by atoms with Crippen molar-refractivity contribution in [1.29, 1.82) is 0 Å². The molecule has 0 aliphatic rings. The fourth-order valence-corrected chi connectivity index (χ4v) is 2.83. The Hall–Kier alpha value is -2.27. The van der Waals surface area contributed by atoms with Crippen LogP contribution in [-0.2, 0) is 0 Å². The first kappa shape index (κ1) is 11.5. The molecule has 4 rings (SSSR count). The third kappa shape index (κ3) is 1.63. The number of fused-ring (bicyclic) bond motifs is 2. The Morgan fingerprint density at radius 3 is 2.75 bits per heavy atom. The average Bonchev–Trinajstić information content (AvgIpc) is 2.91. The van der Waals surface area contributed by atoms with Gasteiger partial charge < -0.3 is 0 Å². The predicted octanol–water partition coefficient (Wildman–Crippen LogP) is 3.73. The Bertz CT molecular complexity index is 929. The second-order valence-corrected chi connectivity index (χ2v) is 5.29. The predicted molar refractivity (Wildman–Crippen MR) is 81.9 cm³/mol. The number of rotatable bonds is 1. The van der Waals surface area contributed by atoms with Crippen molar-refractivity contribution in [3.63, 3.8) is 0 Å². The second kappa shape index (κ2) is 4.38. The van der Waals surface area contributed by atoms with Crippen molar-refractivity contribution in [3.8, 4) is 5.82 Å². The number of aromatic nitrogens is 4. The zero-order valence-corrected chi connectivity index (χ0v) is 11.9. The molecule has 4 aromatic rings. The van der Waals surface area contributed by atoms with Gasteiger partial charge >= 0.3 is 0 Å². The van der Waals surface area contributed by atoms with Crippen molar-refractivity contribution in [2.75, 3.05) is 0 Å². The zero-order chi connectivity index (χ0) is 13.5. The van der Waals surface area contributed by atoms with Crippen LogP contribution in [0, 0.1) is 0 Å². The molecule has 0 fully saturated rings. The maximum Gasteiger partial charge on any atom is 0.149 e. The summed E-state index contributed by atoms with van der Waals surface area (Å²) in [5.41, 5.74) is 2.89. The molecule has 0 N–H and O–H groups in total. The number of hydrogen-bond donors (Lipinski definition) is 0. The van der Waals surface area contributed by atoms with Crippen LogP contribution in [0.5, 0.6) is 0 Å². The first-order chi connectivity index (χ1) is 9.84. The van der Waals surface area contributed by atoms with Gasteiger partial charge in [-0.15, -0.1) is 0 Å². The minimum Gasteiger partial charge on any atom is -0.282 e. The van der Waals surface area contributed by atoms with Crippen LogP contribution in [0.2, 0.25) is 0 Å². The van der Waals surface area contributed by atoms with Crippen molar-refractivity contribution in [1.82, 2.24) is 19.5 Å². The van der Waals surface area contributed by atoms with Crippen LogP contribution in [-0.4, -0.2) is 19.5 Å². The van der Waals surface area contributed by atoms with Gasteiger partial charge in [-0.2, -0.15) is 0 Å². The number of hydrogen-bond acceptors (Lipinski definition) is 3. The Morgan fingerprint density at radius 2 is 1.80 bits per heavy atom. The van der Waals surface area contributed by atoms with Gasteiger partial charge in [0.15, 0.2) is 0 Å². The van der Waals surface area contributed by atoms with E-state index in [0.717, 1.165) is 32.2 Å². The van der Waals surface area contributed by atoms with Gasteiger partial charge in [0.2, 0.25) is 0 Å². The molecule has 0 amide bonds. The number of para-hydroxylation sites is 3. The van der Waals surface area contributed by atoms with Gasteiger partial charge in [-0.05, 0) is 40.2 Å². The molecule has 2 heterocycles. The number of imidazole rings is 1. The highest BCUT2D eigenvalue weighted by Crippen LogP contribution is 2.26. The van der Waals surface area contributed by atoms with Crippen LogP contribution in [0.1, 0.15) is 0 Å². The summed E-state index contributed by atoms with van der Waals surface area (Å²) in [7, 11) is 0. The molecular weight excluding hydrogens is 316 g/mol. The fraction of sp³-hybridized carbons (Fsp3) is 0. The van der Waals surface area contributed by atoms with E-state index in [1.54, 1.807) is 12.7 Å². The molecule has 4 nitrogen and oxygen atoms in total. The van der Waals surface area contributed by atoms with Crippen molar-refractivity contribution in [2.24, 2.45) is 0 Å². The molecule has 96 valence electrons. The number of benzene rings is 2. The van der Waals surface area contributed by atoms with Crippen LogP contribution in [0.4, 0.5) is 0 Å². The third-order valence-electron chi connectivity index (χ3n) is 3.28. The van der Waals surface area contributed by atoms with E-state index in [4.69, 9.17) is 0 Å². The van der Waals surface area contributed by atoms with E-state index in [1.165, 1.54) is 0 Å². The molecule has 2 aromatic carbocycles. The summed E-state index contributed by atoms with van der Waals surface area (Å²) in [5, 5.41) is 0.991. The molecule has 0 aliphatic heterocycles. The molecule has 0 bridgehead atoms. The van der Waals surface area contributed by atoms with Crippen LogP contribution >= 0.6 is 15.9 Å². The van der Waals surface area contributed by atoms with Crippen molar-refractivity contribution < 1.29 is 0 Å². The van der Waals surface area contributed by atoms with Gasteiger partial charge in [-0.3, -0.25) is 4.57 Å². The third-order valence-corrected chi connectivity index (χ3v) is 3.92. The summed E-state index contributed by atoms with van der Waals surface area (Å²) in [6.07, 6.45) is 3.38. The topological polar surface area (TPSA) is 43.6 Å². The van der Waals surface area contributed by atoms with Gasteiger partial charge in [0.1, 0.15) is 18.5 Å². The molecule has 0 radical (unpaired) electrons. The van der Waals surface area contributed by atoms with E-state index in [0.29, 0.717) is 0 Å². The minimum absolute atomic E-state index is 0.838. The van der Waals surface area contributed by atoms with E-state index in [2.05, 4.69) is 30.9 Å². The summed E-state index contributed by atoms with van der Waals surface area (Å²) in [4.78, 5) is 13.2. The van der Waals surface area contributed by atoms with Crippen LogP contribution in [0.15, 0.2) is 59.6 Å². The molecule has 0 spiro atoms. The lowest BCUT2D eigenvalue weighted by Gasteiger charge is -2.07. The van der Waals surface area contributed by atoms with E-state index in [9.17, 15) is 0 Å². The second-order valence-electron chi connectivity index (χ2n) is 4.44. The largest absolute Gasteiger partial charge is 0.282 e. The van der Waals surface area contributed by atoms with Crippen molar-refractivity contribution in [2.45, 2.75) is 0 Å². The lowest BCUT2D eigenvalue weighted by molar-refractivity contribution is 1.02. The summed E-state index contributed by atoms with van der Waals surface area (Å²) < 4.78 is 2.95. The average molecular weight is 325 g/mol. The standard InChI is InChI=1S/C15H9BrN4/c16-11-5-3-4-10-14(11)17-8-18-15(10)20-9-19-12-6-1-2-7-13(12)20/h1-9H. The molecule has 0 unspecified atom stereocenters. The quantitative estimate of drug-likeness (QED) is 0.536. The Labute approximate surface area is 123 Å². The van der Waals surface area contributed by atoms with E-state index >= 15 is 0 Å². The number of nitrogens with zero attached hydrogens (tertiary/aromatic N) is 4.